The molecule has 0 aromatic carbocycles. The fourth-order valence-electron chi connectivity index (χ4n) is 3.72. The smallest absolute Gasteiger partial charge is 0.0771 e. The first-order valence-electron chi connectivity index (χ1n) is 8.15. The van der Waals surface area contributed by atoms with Gasteiger partial charge in [0.2, 0.25) is 0 Å². The highest BCUT2D eigenvalue weighted by Crippen LogP contribution is 2.29. The molecule has 2 saturated carbocycles. The monoisotopic (exact) mass is 253 g/mol. The Labute approximate surface area is 113 Å². The van der Waals surface area contributed by atoms with E-state index in [9.17, 15) is 5.11 Å². The van der Waals surface area contributed by atoms with Crippen molar-refractivity contribution < 1.29 is 5.11 Å². The van der Waals surface area contributed by atoms with E-state index in [2.05, 4.69) is 12.2 Å². The van der Waals surface area contributed by atoms with Crippen molar-refractivity contribution in [1.29, 1.82) is 0 Å². The first-order chi connectivity index (χ1) is 8.70. The number of rotatable bonds is 4. The zero-order chi connectivity index (χ0) is 12.8. The lowest BCUT2D eigenvalue weighted by atomic mass is 9.84. The summed E-state index contributed by atoms with van der Waals surface area (Å²) >= 11 is 0. The van der Waals surface area contributed by atoms with Crippen LogP contribution < -0.4 is 5.32 Å². The largest absolute Gasteiger partial charge is 0.389 e. The second-order valence-electron chi connectivity index (χ2n) is 6.71. The minimum absolute atomic E-state index is 0.417. The lowest BCUT2D eigenvalue weighted by Crippen LogP contribution is -2.46. The van der Waals surface area contributed by atoms with Crippen LogP contribution in [-0.4, -0.2) is 23.3 Å². The standard InChI is InChI=1S/C16H31NO/c1-14(15-9-5-4-6-10-15)17-13-16(18)11-7-2-3-8-12-16/h14-15,17-18H,2-13H2,1H3. The molecule has 0 aliphatic heterocycles. The summed E-state index contributed by atoms with van der Waals surface area (Å²) in [6.07, 6.45) is 14.0. The van der Waals surface area contributed by atoms with Crippen LogP contribution in [0, 0.1) is 5.92 Å². The molecule has 2 heteroatoms. The minimum Gasteiger partial charge on any atom is -0.389 e. The van der Waals surface area contributed by atoms with Crippen molar-refractivity contribution in [3.05, 3.63) is 0 Å². The maximum absolute atomic E-state index is 10.6. The molecule has 1 unspecified atom stereocenters. The molecule has 0 heterocycles. The normalized spacial score (nSPS) is 27.7. The molecule has 2 rings (SSSR count). The summed E-state index contributed by atoms with van der Waals surface area (Å²) in [5.74, 6) is 0.841. The molecule has 0 aromatic heterocycles. The molecule has 1 atom stereocenters. The fourth-order valence-corrected chi connectivity index (χ4v) is 3.72. The van der Waals surface area contributed by atoms with Gasteiger partial charge >= 0.3 is 0 Å². The highest BCUT2D eigenvalue weighted by molar-refractivity contribution is 4.86. The van der Waals surface area contributed by atoms with Gasteiger partial charge in [-0.15, -0.1) is 0 Å². The Morgan fingerprint density at radius 1 is 1.00 bits per heavy atom. The maximum Gasteiger partial charge on any atom is 0.0771 e. The summed E-state index contributed by atoms with van der Waals surface area (Å²) in [5, 5.41) is 14.3. The average Bonchev–Trinajstić information content (AvgIpc) is 2.62. The number of hydrogen-bond acceptors (Lipinski definition) is 2. The van der Waals surface area contributed by atoms with Crippen molar-refractivity contribution in [2.24, 2.45) is 5.92 Å². The second-order valence-corrected chi connectivity index (χ2v) is 6.71. The summed E-state index contributed by atoms with van der Waals surface area (Å²) < 4.78 is 0. The van der Waals surface area contributed by atoms with Gasteiger partial charge in [0.1, 0.15) is 0 Å². The summed E-state index contributed by atoms with van der Waals surface area (Å²) in [4.78, 5) is 0. The zero-order valence-corrected chi connectivity index (χ0v) is 12.1. The SMILES string of the molecule is CC(NCC1(O)CCCCCC1)C1CCCCC1. The molecule has 2 fully saturated rings. The van der Waals surface area contributed by atoms with Crippen LogP contribution in [0.3, 0.4) is 0 Å². The Balaban J connectivity index is 1.74. The van der Waals surface area contributed by atoms with Crippen molar-refractivity contribution in [3.63, 3.8) is 0 Å². The minimum atomic E-state index is -0.417. The highest BCUT2D eigenvalue weighted by Gasteiger charge is 2.29. The topological polar surface area (TPSA) is 32.3 Å². The van der Waals surface area contributed by atoms with Gasteiger partial charge in [0.25, 0.3) is 0 Å². The van der Waals surface area contributed by atoms with Gasteiger partial charge in [-0.2, -0.15) is 0 Å². The predicted molar refractivity (Wildman–Crippen MR) is 76.7 cm³/mol. The maximum atomic E-state index is 10.6. The Kier molecular flexibility index (Phi) is 5.50. The predicted octanol–water partition coefficient (Wildman–Crippen LogP) is 3.63. The van der Waals surface area contributed by atoms with Gasteiger partial charge in [0, 0.05) is 12.6 Å². The Hall–Kier alpha value is -0.0800. The van der Waals surface area contributed by atoms with E-state index in [-0.39, 0.29) is 0 Å². The second kappa shape index (κ2) is 6.91. The average molecular weight is 253 g/mol. The van der Waals surface area contributed by atoms with Crippen molar-refractivity contribution in [2.75, 3.05) is 6.54 Å². The molecule has 0 saturated heterocycles. The Bertz CT molecular complexity index is 227. The van der Waals surface area contributed by atoms with Crippen LogP contribution in [0.15, 0.2) is 0 Å². The van der Waals surface area contributed by atoms with Crippen LogP contribution in [0.25, 0.3) is 0 Å². The Morgan fingerprint density at radius 3 is 2.17 bits per heavy atom. The van der Waals surface area contributed by atoms with Crippen molar-refractivity contribution >= 4 is 0 Å². The molecule has 0 amide bonds. The summed E-state index contributed by atoms with van der Waals surface area (Å²) in [5.41, 5.74) is -0.417. The number of aliphatic hydroxyl groups is 1. The van der Waals surface area contributed by atoms with Gasteiger partial charge in [-0.3, -0.25) is 0 Å². The molecule has 2 nitrogen and oxygen atoms in total. The van der Waals surface area contributed by atoms with E-state index in [1.165, 1.54) is 57.8 Å². The molecule has 2 aliphatic rings. The third-order valence-corrected chi connectivity index (χ3v) is 5.14. The molecule has 0 radical (unpaired) electrons. The van der Waals surface area contributed by atoms with Crippen LogP contribution in [0.2, 0.25) is 0 Å². The molecule has 0 aromatic rings. The molecular formula is C16H31NO. The van der Waals surface area contributed by atoms with Crippen LogP contribution in [0.5, 0.6) is 0 Å². The first-order valence-corrected chi connectivity index (χ1v) is 8.15. The summed E-state index contributed by atoms with van der Waals surface area (Å²) in [7, 11) is 0. The van der Waals surface area contributed by atoms with E-state index in [1.807, 2.05) is 0 Å². The van der Waals surface area contributed by atoms with Gasteiger partial charge < -0.3 is 10.4 Å². The van der Waals surface area contributed by atoms with E-state index in [4.69, 9.17) is 0 Å². The van der Waals surface area contributed by atoms with Crippen LogP contribution in [0.1, 0.15) is 77.6 Å². The molecule has 0 spiro atoms. The molecular weight excluding hydrogens is 222 g/mol. The van der Waals surface area contributed by atoms with E-state index in [1.54, 1.807) is 0 Å². The van der Waals surface area contributed by atoms with Gasteiger partial charge in [0.15, 0.2) is 0 Å². The molecule has 2 aliphatic carbocycles. The fraction of sp³-hybridized carbons (Fsp3) is 1.00. The number of nitrogens with one attached hydrogen (secondary N) is 1. The lowest BCUT2D eigenvalue weighted by molar-refractivity contribution is 0.0207. The molecule has 0 bridgehead atoms. The third kappa shape index (κ3) is 4.24. The van der Waals surface area contributed by atoms with E-state index < -0.39 is 5.60 Å². The van der Waals surface area contributed by atoms with E-state index in [0.29, 0.717) is 6.04 Å². The molecule has 106 valence electrons. The Morgan fingerprint density at radius 2 is 1.56 bits per heavy atom. The summed E-state index contributed by atoms with van der Waals surface area (Å²) in [6, 6.07) is 0.581. The quantitative estimate of drug-likeness (QED) is 0.750. The van der Waals surface area contributed by atoms with Gasteiger partial charge in [-0.05, 0) is 38.5 Å². The van der Waals surface area contributed by atoms with Crippen LogP contribution in [0.4, 0.5) is 0 Å². The van der Waals surface area contributed by atoms with Crippen LogP contribution >= 0.6 is 0 Å². The van der Waals surface area contributed by atoms with Crippen molar-refractivity contribution in [3.8, 4) is 0 Å². The molecule has 2 N–H and O–H groups in total. The van der Waals surface area contributed by atoms with E-state index >= 15 is 0 Å². The summed E-state index contributed by atoms with van der Waals surface area (Å²) in [6.45, 7) is 3.13. The highest BCUT2D eigenvalue weighted by atomic mass is 16.3. The van der Waals surface area contributed by atoms with Gasteiger partial charge in [0.05, 0.1) is 5.60 Å². The third-order valence-electron chi connectivity index (χ3n) is 5.14. The zero-order valence-electron chi connectivity index (χ0n) is 12.1. The molecule has 18 heavy (non-hydrogen) atoms. The lowest BCUT2D eigenvalue weighted by Gasteiger charge is -2.33. The van der Waals surface area contributed by atoms with Gasteiger partial charge in [-0.25, -0.2) is 0 Å². The van der Waals surface area contributed by atoms with Crippen LogP contribution in [-0.2, 0) is 0 Å². The number of hydrogen-bond donors (Lipinski definition) is 2. The van der Waals surface area contributed by atoms with Crippen molar-refractivity contribution in [2.45, 2.75) is 89.2 Å². The first kappa shape index (κ1) is 14.3. The van der Waals surface area contributed by atoms with E-state index in [0.717, 1.165) is 25.3 Å². The van der Waals surface area contributed by atoms with Crippen molar-refractivity contribution in [1.82, 2.24) is 5.32 Å². The van der Waals surface area contributed by atoms with Gasteiger partial charge in [-0.1, -0.05) is 44.9 Å².